The van der Waals surface area contributed by atoms with Crippen LogP contribution in [0, 0.1) is 0 Å². The quantitative estimate of drug-likeness (QED) is 0.758. The summed E-state index contributed by atoms with van der Waals surface area (Å²) < 4.78 is 5.66. The molecule has 0 aliphatic carbocycles. The van der Waals surface area contributed by atoms with Gasteiger partial charge in [0.05, 0.1) is 6.10 Å². The molecule has 4 heteroatoms. The van der Waals surface area contributed by atoms with Crippen LogP contribution < -0.4 is 0 Å². The van der Waals surface area contributed by atoms with E-state index < -0.39 is 0 Å². The van der Waals surface area contributed by atoms with Crippen molar-refractivity contribution in [2.75, 3.05) is 26.7 Å². The highest BCUT2D eigenvalue weighted by atomic mass is 16.5. The third-order valence-corrected chi connectivity index (χ3v) is 3.29. The number of carbonyl (C=O) groups excluding carboxylic acids is 1. The Bertz CT molecular complexity index is 238. The lowest BCUT2D eigenvalue weighted by atomic mass is 10.1. The monoisotopic (exact) mass is 242 g/mol. The first-order valence-corrected chi connectivity index (χ1v) is 6.69. The van der Waals surface area contributed by atoms with Crippen LogP contribution in [0.2, 0.25) is 0 Å². The molecule has 0 aromatic rings. The van der Waals surface area contributed by atoms with Crippen LogP contribution in [0.15, 0.2) is 0 Å². The predicted molar refractivity (Wildman–Crippen MR) is 69.1 cm³/mol. The van der Waals surface area contributed by atoms with E-state index in [2.05, 4.69) is 0 Å². The maximum absolute atomic E-state index is 12.2. The van der Waals surface area contributed by atoms with Gasteiger partial charge in [-0.3, -0.25) is 0 Å². The van der Waals surface area contributed by atoms with Crippen LogP contribution in [0.1, 0.15) is 40.0 Å². The van der Waals surface area contributed by atoms with E-state index in [-0.39, 0.29) is 18.2 Å². The Labute approximate surface area is 105 Å². The Morgan fingerprint density at radius 3 is 2.59 bits per heavy atom. The van der Waals surface area contributed by atoms with Crippen LogP contribution in [0.4, 0.5) is 4.79 Å². The number of amides is 2. The zero-order valence-electron chi connectivity index (χ0n) is 11.6. The summed E-state index contributed by atoms with van der Waals surface area (Å²) >= 11 is 0. The Morgan fingerprint density at radius 2 is 2.12 bits per heavy atom. The van der Waals surface area contributed by atoms with Gasteiger partial charge in [0.25, 0.3) is 0 Å². The van der Waals surface area contributed by atoms with Crippen molar-refractivity contribution in [1.82, 2.24) is 9.80 Å². The van der Waals surface area contributed by atoms with Crippen molar-refractivity contribution < 1.29 is 9.53 Å². The fourth-order valence-electron chi connectivity index (χ4n) is 2.28. The van der Waals surface area contributed by atoms with E-state index in [1.54, 1.807) is 4.90 Å². The van der Waals surface area contributed by atoms with E-state index in [1.807, 2.05) is 32.7 Å². The highest BCUT2D eigenvalue weighted by Gasteiger charge is 2.23. The first-order chi connectivity index (χ1) is 8.06. The Kier molecular flexibility index (Phi) is 5.75. The summed E-state index contributed by atoms with van der Waals surface area (Å²) in [5, 5.41) is 0. The minimum absolute atomic E-state index is 0.108. The number of carbonyl (C=O) groups is 1. The van der Waals surface area contributed by atoms with Crippen LogP contribution in [0.5, 0.6) is 0 Å². The molecule has 1 fully saturated rings. The molecule has 0 unspecified atom stereocenters. The van der Waals surface area contributed by atoms with Gasteiger partial charge in [-0.05, 0) is 40.0 Å². The second-order valence-corrected chi connectivity index (χ2v) is 5.03. The van der Waals surface area contributed by atoms with Crippen molar-refractivity contribution >= 4 is 6.03 Å². The average Bonchev–Trinajstić information content (AvgIpc) is 2.30. The van der Waals surface area contributed by atoms with Crippen molar-refractivity contribution in [3.05, 3.63) is 0 Å². The second kappa shape index (κ2) is 6.84. The summed E-state index contributed by atoms with van der Waals surface area (Å²) in [6.07, 6.45) is 3.67. The first-order valence-electron chi connectivity index (χ1n) is 6.69. The van der Waals surface area contributed by atoms with Crippen molar-refractivity contribution in [1.29, 1.82) is 0 Å². The predicted octanol–water partition coefficient (Wildman–Crippen LogP) is 2.34. The number of rotatable bonds is 4. The molecule has 0 saturated carbocycles. The first kappa shape index (κ1) is 14.3. The maximum atomic E-state index is 12.2. The van der Waals surface area contributed by atoms with Gasteiger partial charge in [0.1, 0.15) is 0 Å². The van der Waals surface area contributed by atoms with Gasteiger partial charge in [0, 0.05) is 32.8 Å². The van der Waals surface area contributed by atoms with Gasteiger partial charge >= 0.3 is 6.03 Å². The zero-order valence-corrected chi connectivity index (χ0v) is 11.6. The molecule has 1 aliphatic rings. The Morgan fingerprint density at radius 1 is 1.41 bits per heavy atom. The Hall–Kier alpha value is -0.770. The van der Waals surface area contributed by atoms with Crippen LogP contribution in [-0.2, 0) is 4.74 Å². The van der Waals surface area contributed by atoms with Gasteiger partial charge < -0.3 is 14.5 Å². The fraction of sp³-hybridized carbons (Fsp3) is 0.923. The molecule has 0 bridgehead atoms. The molecule has 0 spiro atoms. The van der Waals surface area contributed by atoms with E-state index in [0.29, 0.717) is 6.54 Å². The largest absolute Gasteiger partial charge is 0.376 e. The normalized spacial score (nSPS) is 20.4. The molecule has 2 amide bonds. The highest BCUT2D eigenvalue weighted by Crippen LogP contribution is 2.14. The van der Waals surface area contributed by atoms with Crippen LogP contribution in [0.3, 0.4) is 0 Å². The lowest BCUT2D eigenvalue weighted by Gasteiger charge is -2.33. The van der Waals surface area contributed by atoms with Crippen LogP contribution in [0.25, 0.3) is 0 Å². The number of ether oxygens (including phenoxy) is 1. The standard InChI is InChI=1S/C13H26N2O2/c1-5-15(11(2)3)13(16)14(4)10-12-8-6-7-9-17-12/h11-12H,5-10H2,1-4H3/t12-/m0/s1. The van der Waals surface area contributed by atoms with Crippen molar-refractivity contribution in [3.8, 4) is 0 Å². The van der Waals surface area contributed by atoms with Crippen molar-refractivity contribution in [2.24, 2.45) is 0 Å². The van der Waals surface area contributed by atoms with Gasteiger partial charge in [-0.15, -0.1) is 0 Å². The third-order valence-electron chi connectivity index (χ3n) is 3.29. The van der Waals surface area contributed by atoms with Crippen LogP contribution in [-0.4, -0.2) is 54.7 Å². The van der Waals surface area contributed by atoms with E-state index in [9.17, 15) is 4.79 Å². The van der Waals surface area contributed by atoms with Gasteiger partial charge in [-0.1, -0.05) is 0 Å². The summed E-state index contributed by atoms with van der Waals surface area (Å²) in [7, 11) is 1.87. The zero-order chi connectivity index (χ0) is 12.8. The summed E-state index contributed by atoms with van der Waals surface area (Å²) in [5.74, 6) is 0. The molecule has 1 atom stereocenters. The smallest absolute Gasteiger partial charge is 0.320 e. The number of nitrogens with zero attached hydrogens (tertiary/aromatic N) is 2. The molecule has 0 N–H and O–H groups in total. The van der Waals surface area contributed by atoms with E-state index in [1.165, 1.54) is 6.42 Å². The summed E-state index contributed by atoms with van der Waals surface area (Å²) in [6, 6.07) is 0.360. The maximum Gasteiger partial charge on any atom is 0.320 e. The molecular weight excluding hydrogens is 216 g/mol. The van der Waals surface area contributed by atoms with Crippen molar-refractivity contribution in [2.45, 2.75) is 52.2 Å². The summed E-state index contributed by atoms with van der Waals surface area (Å²) in [6.45, 7) is 8.42. The number of likely N-dealkylation sites (N-methyl/N-ethyl adjacent to an activating group) is 1. The Balaban J connectivity index is 2.44. The minimum atomic E-state index is 0.108. The lowest BCUT2D eigenvalue weighted by Crippen LogP contribution is -2.47. The van der Waals surface area contributed by atoms with Gasteiger partial charge in [-0.2, -0.15) is 0 Å². The molecule has 0 aromatic carbocycles. The molecule has 1 rings (SSSR count). The number of urea groups is 1. The average molecular weight is 242 g/mol. The number of hydrogen-bond acceptors (Lipinski definition) is 2. The molecule has 1 saturated heterocycles. The lowest BCUT2D eigenvalue weighted by molar-refractivity contribution is 0.00116. The molecule has 1 heterocycles. The van der Waals surface area contributed by atoms with Gasteiger partial charge in [-0.25, -0.2) is 4.79 Å². The minimum Gasteiger partial charge on any atom is -0.376 e. The summed E-state index contributed by atoms with van der Waals surface area (Å²) in [5.41, 5.74) is 0. The molecule has 17 heavy (non-hydrogen) atoms. The second-order valence-electron chi connectivity index (χ2n) is 5.03. The van der Waals surface area contributed by atoms with Gasteiger partial charge in [0.2, 0.25) is 0 Å². The SMILES string of the molecule is CCN(C(=O)N(C)C[C@@H]1CCCCO1)C(C)C. The molecule has 1 aliphatic heterocycles. The number of hydrogen-bond donors (Lipinski definition) is 0. The topological polar surface area (TPSA) is 32.8 Å². The molecule has 4 nitrogen and oxygen atoms in total. The van der Waals surface area contributed by atoms with E-state index in [0.717, 1.165) is 26.0 Å². The fourth-order valence-corrected chi connectivity index (χ4v) is 2.28. The summed E-state index contributed by atoms with van der Waals surface area (Å²) in [4.78, 5) is 15.9. The van der Waals surface area contributed by atoms with Gasteiger partial charge in [0.15, 0.2) is 0 Å². The van der Waals surface area contributed by atoms with E-state index >= 15 is 0 Å². The highest BCUT2D eigenvalue weighted by molar-refractivity contribution is 5.74. The molecular formula is C13H26N2O2. The van der Waals surface area contributed by atoms with Crippen LogP contribution >= 0.6 is 0 Å². The molecule has 0 aromatic heterocycles. The molecule has 100 valence electrons. The van der Waals surface area contributed by atoms with E-state index in [4.69, 9.17) is 4.74 Å². The third kappa shape index (κ3) is 4.19. The molecule has 0 radical (unpaired) electrons. The van der Waals surface area contributed by atoms with Crippen molar-refractivity contribution in [3.63, 3.8) is 0 Å².